The molecule has 0 spiro atoms. The zero-order chi connectivity index (χ0) is 9.26. The fourth-order valence-corrected chi connectivity index (χ4v) is 1.13. The van der Waals surface area contributed by atoms with E-state index in [9.17, 15) is 9.18 Å². The summed E-state index contributed by atoms with van der Waals surface area (Å²) >= 11 is 0. The van der Waals surface area contributed by atoms with E-state index in [2.05, 4.69) is 9.99 Å². The Bertz CT molecular complexity index is 387. The minimum atomic E-state index is -0.403. The maximum Gasteiger partial charge on any atom is 0.341 e. The van der Waals surface area contributed by atoms with Crippen LogP contribution < -0.4 is 0 Å². The lowest BCUT2D eigenvalue weighted by molar-refractivity contribution is -0.140. The molecule has 4 heteroatoms. The summed E-state index contributed by atoms with van der Waals surface area (Å²) < 4.78 is 12.7. The van der Waals surface area contributed by atoms with Gasteiger partial charge < -0.3 is 4.84 Å². The predicted molar refractivity (Wildman–Crippen MR) is 43.6 cm³/mol. The highest BCUT2D eigenvalue weighted by Crippen LogP contribution is 2.12. The van der Waals surface area contributed by atoms with E-state index >= 15 is 0 Å². The van der Waals surface area contributed by atoms with E-state index in [1.807, 2.05) is 0 Å². The highest BCUT2D eigenvalue weighted by Gasteiger charge is 2.18. The van der Waals surface area contributed by atoms with Crippen molar-refractivity contribution in [1.82, 2.24) is 0 Å². The van der Waals surface area contributed by atoms with Gasteiger partial charge >= 0.3 is 5.97 Å². The van der Waals surface area contributed by atoms with Crippen LogP contribution in [-0.4, -0.2) is 11.7 Å². The van der Waals surface area contributed by atoms with Gasteiger partial charge in [-0.05, 0) is 12.1 Å². The van der Waals surface area contributed by atoms with Crippen LogP contribution in [0.5, 0.6) is 0 Å². The van der Waals surface area contributed by atoms with Gasteiger partial charge in [-0.1, -0.05) is 17.3 Å². The zero-order valence-electron chi connectivity index (χ0n) is 6.66. The molecule has 0 amide bonds. The Morgan fingerprint density at radius 1 is 1.46 bits per heavy atom. The molecule has 2 rings (SSSR count). The number of carbonyl (C=O) groups is 1. The second-order valence-electron chi connectivity index (χ2n) is 2.69. The first kappa shape index (κ1) is 7.91. The lowest BCUT2D eigenvalue weighted by atomic mass is 10.1. The van der Waals surface area contributed by atoms with Crippen molar-refractivity contribution >= 4 is 11.7 Å². The van der Waals surface area contributed by atoms with Gasteiger partial charge in [-0.2, -0.15) is 0 Å². The average molecular weight is 179 g/mol. The highest BCUT2D eigenvalue weighted by molar-refractivity contribution is 6.11. The van der Waals surface area contributed by atoms with Crippen LogP contribution in [0.2, 0.25) is 0 Å². The minimum absolute atomic E-state index is 0.115. The van der Waals surface area contributed by atoms with Crippen LogP contribution in [0.3, 0.4) is 0 Å². The zero-order valence-corrected chi connectivity index (χ0v) is 6.66. The van der Waals surface area contributed by atoms with Crippen molar-refractivity contribution in [3.8, 4) is 0 Å². The highest BCUT2D eigenvalue weighted by atomic mass is 19.1. The molecule has 0 N–H and O–H groups in total. The van der Waals surface area contributed by atoms with Crippen LogP contribution in [0, 0.1) is 5.82 Å². The molecule has 13 heavy (non-hydrogen) atoms. The van der Waals surface area contributed by atoms with Crippen molar-refractivity contribution in [3.05, 3.63) is 35.6 Å². The van der Waals surface area contributed by atoms with Crippen LogP contribution in [0.1, 0.15) is 12.0 Å². The fourth-order valence-electron chi connectivity index (χ4n) is 1.13. The molecule has 0 aromatic heterocycles. The molecule has 0 fully saturated rings. The molecule has 0 unspecified atom stereocenters. The number of carbonyl (C=O) groups excluding carboxylic acids is 1. The van der Waals surface area contributed by atoms with E-state index in [0.717, 1.165) is 0 Å². The van der Waals surface area contributed by atoms with Gasteiger partial charge in [0.1, 0.15) is 5.82 Å². The Morgan fingerprint density at radius 3 is 2.92 bits per heavy atom. The third-order valence-electron chi connectivity index (χ3n) is 1.73. The van der Waals surface area contributed by atoms with E-state index in [4.69, 9.17) is 0 Å². The predicted octanol–water partition coefficient (Wildman–Crippen LogP) is 1.48. The minimum Gasteiger partial charge on any atom is -0.318 e. The molecule has 1 aliphatic rings. The monoisotopic (exact) mass is 179 g/mol. The first-order valence-electron chi connectivity index (χ1n) is 3.78. The van der Waals surface area contributed by atoms with Crippen molar-refractivity contribution in [2.45, 2.75) is 6.42 Å². The third-order valence-corrected chi connectivity index (χ3v) is 1.73. The van der Waals surface area contributed by atoms with Crippen LogP contribution in [0.15, 0.2) is 29.4 Å². The second-order valence-corrected chi connectivity index (χ2v) is 2.69. The summed E-state index contributed by atoms with van der Waals surface area (Å²) in [5, 5.41) is 3.53. The smallest absolute Gasteiger partial charge is 0.318 e. The van der Waals surface area contributed by atoms with Crippen molar-refractivity contribution in [2.75, 3.05) is 0 Å². The summed E-state index contributed by atoms with van der Waals surface area (Å²) in [6.45, 7) is 0. The molecule has 0 atom stereocenters. The van der Waals surface area contributed by atoms with Gasteiger partial charge in [-0.3, -0.25) is 0 Å². The van der Waals surface area contributed by atoms with Gasteiger partial charge in [0.2, 0.25) is 0 Å². The van der Waals surface area contributed by atoms with Gasteiger partial charge in [0.05, 0.1) is 12.1 Å². The molecule has 3 nitrogen and oxygen atoms in total. The van der Waals surface area contributed by atoms with Crippen molar-refractivity contribution in [1.29, 1.82) is 0 Å². The molecule has 1 aromatic carbocycles. The maximum absolute atomic E-state index is 12.7. The number of hydrogen-bond acceptors (Lipinski definition) is 3. The summed E-state index contributed by atoms with van der Waals surface area (Å²) in [5.74, 6) is -0.751. The molecular formula is C9H6FNO2. The number of rotatable bonds is 1. The van der Waals surface area contributed by atoms with E-state index in [1.165, 1.54) is 12.1 Å². The number of benzene rings is 1. The molecule has 1 heterocycles. The van der Waals surface area contributed by atoms with E-state index < -0.39 is 5.97 Å². The summed E-state index contributed by atoms with van der Waals surface area (Å²) in [4.78, 5) is 15.1. The molecule has 0 saturated heterocycles. The first-order valence-corrected chi connectivity index (χ1v) is 3.78. The number of oxime groups is 1. The standard InChI is InChI=1S/C9H6FNO2/c10-7-3-1-2-6(4-7)8-5-9(12)13-11-8/h1-4H,5H2. The van der Waals surface area contributed by atoms with Crippen molar-refractivity contribution in [2.24, 2.45) is 5.16 Å². The topological polar surface area (TPSA) is 38.7 Å². The average Bonchev–Trinajstić information content (AvgIpc) is 2.52. The van der Waals surface area contributed by atoms with E-state index in [-0.39, 0.29) is 12.2 Å². The van der Waals surface area contributed by atoms with Gasteiger partial charge in [-0.15, -0.1) is 0 Å². The lowest BCUT2D eigenvalue weighted by Gasteiger charge is -1.95. The molecule has 1 aliphatic heterocycles. The summed E-state index contributed by atoms with van der Waals surface area (Å²) in [6.07, 6.45) is 0.115. The second kappa shape index (κ2) is 2.97. The Balaban J connectivity index is 2.31. The van der Waals surface area contributed by atoms with Gasteiger partial charge in [0.25, 0.3) is 0 Å². The van der Waals surface area contributed by atoms with E-state index in [0.29, 0.717) is 11.3 Å². The number of nitrogens with zero attached hydrogens (tertiary/aromatic N) is 1. The van der Waals surface area contributed by atoms with E-state index in [1.54, 1.807) is 12.1 Å². The quantitative estimate of drug-likeness (QED) is 0.612. The van der Waals surface area contributed by atoms with Crippen LogP contribution in [0.4, 0.5) is 4.39 Å². The largest absolute Gasteiger partial charge is 0.341 e. The first-order chi connectivity index (χ1) is 6.25. The maximum atomic E-state index is 12.7. The van der Waals surface area contributed by atoms with Crippen molar-refractivity contribution in [3.63, 3.8) is 0 Å². The SMILES string of the molecule is O=C1CC(c2cccc(F)c2)=NO1. The Morgan fingerprint density at radius 2 is 2.31 bits per heavy atom. The Hall–Kier alpha value is -1.71. The molecule has 0 aliphatic carbocycles. The van der Waals surface area contributed by atoms with Gasteiger partial charge in [0.15, 0.2) is 0 Å². The third kappa shape index (κ3) is 1.56. The Kier molecular flexibility index (Phi) is 1.81. The van der Waals surface area contributed by atoms with Crippen LogP contribution in [0.25, 0.3) is 0 Å². The van der Waals surface area contributed by atoms with Gasteiger partial charge in [0, 0.05) is 5.56 Å². The van der Waals surface area contributed by atoms with Crippen molar-refractivity contribution < 1.29 is 14.0 Å². The lowest BCUT2D eigenvalue weighted by Crippen LogP contribution is -2.00. The summed E-state index contributed by atoms with van der Waals surface area (Å²) in [7, 11) is 0. The molecule has 1 aromatic rings. The van der Waals surface area contributed by atoms with Gasteiger partial charge in [-0.25, -0.2) is 9.18 Å². The fraction of sp³-hybridized carbons (Fsp3) is 0.111. The number of halogens is 1. The molecule has 0 radical (unpaired) electrons. The number of hydrogen-bond donors (Lipinski definition) is 0. The molecule has 0 saturated carbocycles. The molecule has 66 valence electrons. The normalized spacial score (nSPS) is 15.5. The summed E-state index contributed by atoms with van der Waals surface area (Å²) in [6, 6.07) is 5.91. The summed E-state index contributed by atoms with van der Waals surface area (Å²) in [5.41, 5.74) is 1.07. The Labute approximate surface area is 73.8 Å². The van der Waals surface area contributed by atoms with Crippen LogP contribution in [-0.2, 0) is 9.63 Å². The molecular weight excluding hydrogens is 173 g/mol. The van der Waals surface area contributed by atoms with Crippen LogP contribution >= 0.6 is 0 Å². The molecule has 0 bridgehead atoms.